The average Bonchev–Trinajstić information content (AvgIpc) is 2.14. The number of carbonyl (C=O) groups excluding carboxylic acids is 2. The zero-order valence-corrected chi connectivity index (χ0v) is 9.76. The molecule has 0 rings (SSSR count). The summed E-state index contributed by atoms with van der Waals surface area (Å²) in [7, 11) is 0. The van der Waals surface area contributed by atoms with Crippen LogP contribution in [0.5, 0.6) is 0 Å². The van der Waals surface area contributed by atoms with E-state index in [9.17, 15) is 9.59 Å². The Balaban J connectivity index is 2.99. The van der Waals surface area contributed by atoms with E-state index < -0.39 is 0 Å². The molecule has 2 N–H and O–H groups in total. The lowest BCUT2D eigenvalue weighted by molar-refractivity contribution is -0.118. The van der Waals surface area contributed by atoms with Gasteiger partial charge in [0.1, 0.15) is 5.78 Å². The van der Waals surface area contributed by atoms with Gasteiger partial charge >= 0.3 is 0 Å². The molecule has 3 heteroatoms. The van der Waals surface area contributed by atoms with Crippen LogP contribution in [0.15, 0.2) is 0 Å². The first-order valence-electron chi connectivity index (χ1n) is 5.90. The van der Waals surface area contributed by atoms with E-state index in [0.29, 0.717) is 6.42 Å². The smallest absolute Gasteiger partial charge is 0.217 e. The van der Waals surface area contributed by atoms with Crippen molar-refractivity contribution in [2.75, 3.05) is 0 Å². The largest absolute Gasteiger partial charge is 0.370 e. The molecule has 0 aromatic rings. The van der Waals surface area contributed by atoms with Gasteiger partial charge in [-0.05, 0) is 19.8 Å². The van der Waals surface area contributed by atoms with Crippen molar-refractivity contribution in [2.45, 2.75) is 64.7 Å². The number of Topliss-reactive ketones (excluding diaryl/α,β-unsaturated/α-hetero) is 1. The second-order valence-corrected chi connectivity index (χ2v) is 4.14. The molecule has 0 saturated heterocycles. The molecule has 0 saturated carbocycles. The second kappa shape index (κ2) is 9.69. The SMILES string of the molecule is CC(=O)CCCCCCCCCC(N)=O. The predicted octanol–water partition coefficient (Wildman–Crippen LogP) is 2.57. The summed E-state index contributed by atoms with van der Waals surface area (Å²) in [5.41, 5.74) is 5.03. The van der Waals surface area contributed by atoms with E-state index in [2.05, 4.69) is 0 Å². The molecule has 0 fully saturated rings. The molecule has 0 aromatic heterocycles. The topological polar surface area (TPSA) is 60.2 Å². The van der Waals surface area contributed by atoms with Crippen LogP contribution in [0.2, 0.25) is 0 Å². The Morgan fingerprint density at radius 1 is 0.800 bits per heavy atom. The molecule has 0 atom stereocenters. The Labute approximate surface area is 92.4 Å². The third-order valence-electron chi connectivity index (χ3n) is 2.45. The van der Waals surface area contributed by atoms with Crippen LogP contribution in [0.4, 0.5) is 0 Å². The molecule has 3 nitrogen and oxygen atoms in total. The number of nitrogens with two attached hydrogens (primary N) is 1. The van der Waals surface area contributed by atoms with Gasteiger partial charge in [0.2, 0.25) is 5.91 Å². The quantitative estimate of drug-likeness (QED) is 0.567. The number of hydrogen-bond donors (Lipinski definition) is 1. The molecule has 0 spiro atoms. The highest BCUT2D eigenvalue weighted by Crippen LogP contribution is 2.09. The molecule has 0 aliphatic heterocycles. The molecule has 88 valence electrons. The van der Waals surface area contributed by atoms with Crippen molar-refractivity contribution < 1.29 is 9.59 Å². The number of primary amides is 1. The van der Waals surface area contributed by atoms with Crippen molar-refractivity contribution in [1.29, 1.82) is 0 Å². The highest BCUT2D eigenvalue weighted by Gasteiger charge is 1.96. The van der Waals surface area contributed by atoms with Gasteiger partial charge in [-0.15, -0.1) is 0 Å². The van der Waals surface area contributed by atoms with Crippen LogP contribution in [0.3, 0.4) is 0 Å². The molecule has 0 aromatic carbocycles. The molecule has 0 heterocycles. The molecule has 15 heavy (non-hydrogen) atoms. The number of ketones is 1. The first-order valence-corrected chi connectivity index (χ1v) is 5.90. The average molecular weight is 213 g/mol. The van der Waals surface area contributed by atoms with E-state index in [1.807, 2.05) is 0 Å². The number of carbonyl (C=O) groups is 2. The van der Waals surface area contributed by atoms with Gasteiger partial charge in [0, 0.05) is 12.8 Å². The van der Waals surface area contributed by atoms with Gasteiger partial charge < -0.3 is 10.5 Å². The Hall–Kier alpha value is -0.860. The number of rotatable bonds is 10. The summed E-state index contributed by atoms with van der Waals surface area (Å²) in [6.45, 7) is 1.64. The molecule has 1 amide bonds. The predicted molar refractivity (Wildman–Crippen MR) is 61.4 cm³/mol. The molecule has 0 radical (unpaired) electrons. The van der Waals surface area contributed by atoms with E-state index >= 15 is 0 Å². The number of unbranched alkanes of at least 4 members (excludes halogenated alkanes) is 6. The van der Waals surface area contributed by atoms with Crippen molar-refractivity contribution in [1.82, 2.24) is 0 Å². The molecule has 0 aliphatic rings. The third kappa shape index (κ3) is 13.1. The van der Waals surface area contributed by atoms with Crippen LogP contribution < -0.4 is 5.73 Å². The summed E-state index contributed by atoms with van der Waals surface area (Å²) in [6, 6.07) is 0. The fourth-order valence-corrected chi connectivity index (χ4v) is 1.56. The van der Waals surface area contributed by atoms with Crippen molar-refractivity contribution in [2.24, 2.45) is 5.73 Å². The lowest BCUT2D eigenvalue weighted by Gasteiger charge is -2.00. The first-order chi connectivity index (χ1) is 7.13. The van der Waals surface area contributed by atoms with Crippen LogP contribution in [0.1, 0.15) is 64.7 Å². The zero-order chi connectivity index (χ0) is 11.5. The first kappa shape index (κ1) is 14.1. The zero-order valence-electron chi connectivity index (χ0n) is 9.76. The van der Waals surface area contributed by atoms with Crippen molar-refractivity contribution >= 4 is 11.7 Å². The standard InChI is InChI=1S/C12H23NO2/c1-11(14)9-7-5-3-2-4-6-8-10-12(13)15/h2-10H2,1H3,(H2,13,15). The van der Waals surface area contributed by atoms with Crippen LogP contribution in [0.25, 0.3) is 0 Å². The van der Waals surface area contributed by atoms with Crippen LogP contribution in [-0.2, 0) is 9.59 Å². The lowest BCUT2D eigenvalue weighted by Crippen LogP contribution is -2.09. The van der Waals surface area contributed by atoms with Crippen molar-refractivity contribution in [3.63, 3.8) is 0 Å². The summed E-state index contributed by atoms with van der Waals surface area (Å²) in [5, 5.41) is 0. The number of amides is 1. The minimum absolute atomic E-state index is 0.198. The van der Waals surface area contributed by atoms with E-state index in [-0.39, 0.29) is 11.7 Å². The Morgan fingerprint density at radius 2 is 1.20 bits per heavy atom. The highest BCUT2D eigenvalue weighted by molar-refractivity contribution is 5.75. The van der Waals surface area contributed by atoms with Crippen LogP contribution in [0, 0.1) is 0 Å². The molecular formula is C12H23NO2. The molecule has 0 unspecified atom stereocenters. The van der Waals surface area contributed by atoms with Crippen LogP contribution >= 0.6 is 0 Å². The molecular weight excluding hydrogens is 190 g/mol. The number of hydrogen-bond acceptors (Lipinski definition) is 2. The van der Waals surface area contributed by atoms with Crippen molar-refractivity contribution in [3.05, 3.63) is 0 Å². The fraction of sp³-hybridized carbons (Fsp3) is 0.833. The van der Waals surface area contributed by atoms with E-state index in [4.69, 9.17) is 5.73 Å². The minimum atomic E-state index is -0.198. The van der Waals surface area contributed by atoms with E-state index in [1.54, 1.807) is 6.92 Å². The van der Waals surface area contributed by atoms with Gasteiger partial charge in [-0.25, -0.2) is 0 Å². The van der Waals surface area contributed by atoms with E-state index in [1.165, 1.54) is 19.3 Å². The summed E-state index contributed by atoms with van der Waals surface area (Å²) >= 11 is 0. The third-order valence-corrected chi connectivity index (χ3v) is 2.45. The lowest BCUT2D eigenvalue weighted by atomic mass is 10.1. The summed E-state index contributed by atoms with van der Waals surface area (Å²) in [6.07, 6.45) is 9.00. The fourth-order valence-electron chi connectivity index (χ4n) is 1.56. The monoisotopic (exact) mass is 213 g/mol. The Bertz CT molecular complexity index is 170. The minimum Gasteiger partial charge on any atom is -0.370 e. The van der Waals surface area contributed by atoms with Gasteiger partial charge in [0.15, 0.2) is 0 Å². The van der Waals surface area contributed by atoms with Gasteiger partial charge in [-0.1, -0.05) is 32.1 Å². The van der Waals surface area contributed by atoms with Crippen molar-refractivity contribution in [3.8, 4) is 0 Å². The van der Waals surface area contributed by atoms with Crippen LogP contribution in [-0.4, -0.2) is 11.7 Å². The second-order valence-electron chi connectivity index (χ2n) is 4.14. The maximum absolute atomic E-state index is 10.6. The highest BCUT2D eigenvalue weighted by atomic mass is 16.1. The Kier molecular flexibility index (Phi) is 9.13. The van der Waals surface area contributed by atoms with E-state index in [0.717, 1.165) is 32.1 Å². The molecule has 0 aliphatic carbocycles. The summed E-state index contributed by atoms with van der Waals surface area (Å²) < 4.78 is 0. The van der Waals surface area contributed by atoms with Gasteiger partial charge in [0.05, 0.1) is 0 Å². The summed E-state index contributed by atoms with van der Waals surface area (Å²) in [4.78, 5) is 21.1. The maximum atomic E-state index is 10.6. The van der Waals surface area contributed by atoms with Gasteiger partial charge in [-0.3, -0.25) is 4.79 Å². The van der Waals surface area contributed by atoms with Gasteiger partial charge in [-0.2, -0.15) is 0 Å². The molecule has 0 bridgehead atoms. The maximum Gasteiger partial charge on any atom is 0.217 e. The normalized spacial score (nSPS) is 10.2. The van der Waals surface area contributed by atoms with Gasteiger partial charge in [0.25, 0.3) is 0 Å². The summed E-state index contributed by atoms with van der Waals surface area (Å²) in [5.74, 6) is 0.0907. The Morgan fingerprint density at radius 3 is 1.60 bits per heavy atom.